The third kappa shape index (κ3) is 16.9. The fraction of sp³-hybridized carbons (Fsp3) is 0.643. The number of rotatable bonds is 25. The van der Waals surface area contributed by atoms with Crippen LogP contribution in [0.5, 0.6) is 0 Å². The first-order chi connectivity index (χ1) is 25.3. The summed E-state index contributed by atoms with van der Waals surface area (Å²) in [4.78, 5) is 54.1. The van der Waals surface area contributed by atoms with Crippen molar-refractivity contribution in [2.24, 2.45) is 0 Å². The van der Waals surface area contributed by atoms with Crippen molar-refractivity contribution in [1.82, 2.24) is 15.1 Å². The largest absolute Gasteiger partial charge is 1.00 e. The zero-order chi connectivity index (χ0) is 37.4. The zero-order valence-corrected chi connectivity index (χ0v) is 33.3. The number of hydrogen-bond donors (Lipinski definition) is 1. The van der Waals surface area contributed by atoms with Gasteiger partial charge in [0.1, 0.15) is 26.3 Å². The SMILES string of the molecule is CCCCCCCCCCCCCCCCCCNC(=O)OCC1CC(COC(=O)N(Cc2cccc[n+]2CC)C(C)=O)N1C(=O)c1ccccc1.[Cl-]. The lowest BCUT2D eigenvalue weighted by Crippen LogP contribution is -3.00. The summed E-state index contributed by atoms with van der Waals surface area (Å²) in [5, 5.41) is 2.84. The molecule has 3 rings (SSSR count). The third-order valence-corrected chi connectivity index (χ3v) is 9.99. The molecule has 1 fully saturated rings. The molecule has 1 aliphatic rings. The minimum Gasteiger partial charge on any atom is -1.00 e. The van der Waals surface area contributed by atoms with Crippen LogP contribution in [0.3, 0.4) is 0 Å². The van der Waals surface area contributed by atoms with Gasteiger partial charge in [-0.25, -0.2) is 19.1 Å². The number of amides is 4. The van der Waals surface area contributed by atoms with Crippen LogP contribution in [0.15, 0.2) is 54.7 Å². The Morgan fingerprint density at radius 3 is 1.81 bits per heavy atom. The molecule has 1 N–H and O–H groups in total. The molecule has 11 heteroatoms. The average Bonchev–Trinajstić information content (AvgIpc) is 3.14. The van der Waals surface area contributed by atoms with Gasteiger partial charge in [-0.05, 0) is 31.9 Å². The summed E-state index contributed by atoms with van der Waals surface area (Å²) in [7, 11) is 0. The Hall–Kier alpha value is -3.66. The molecule has 2 heterocycles. The van der Waals surface area contributed by atoms with Crippen molar-refractivity contribution in [3.05, 3.63) is 66.0 Å². The number of unbranched alkanes of at least 4 members (excludes halogenated alkanes) is 15. The number of imide groups is 1. The fourth-order valence-corrected chi connectivity index (χ4v) is 6.82. The van der Waals surface area contributed by atoms with Crippen molar-refractivity contribution in [3.63, 3.8) is 0 Å². The van der Waals surface area contributed by atoms with Crippen molar-refractivity contribution < 1.29 is 45.6 Å². The van der Waals surface area contributed by atoms with Crippen LogP contribution in [-0.4, -0.2) is 65.6 Å². The van der Waals surface area contributed by atoms with Gasteiger partial charge in [0.2, 0.25) is 11.6 Å². The highest BCUT2D eigenvalue weighted by atomic mass is 35.5. The van der Waals surface area contributed by atoms with Crippen LogP contribution in [-0.2, 0) is 27.4 Å². The first-order valence-corrected chi connectivity index (χ1v) is 20.1. The van der Waals surface area contributed by atoms with Gasteiger partial charge >= 0.3 is 12.2 Å². The van der Waals surface area contributed by atoms with E-state index in [4.69, 9.17) is 9.47 Å². The molecule has 2 aromatic rings. The van der Waals surface area contributed by atoms with E-state index < -0.39 is 24.1 Å². The second kappa shape index (κ2) is 27.0. The highest BCUT2D eigenvalue weighted by Gasteiger charge is 2.43. The number of benzene rings is 1. The van der Waals surface area contributed by atoms with Crippen molar-refractivity contribution in [2.75, 3.05) is 19.8 Å². The molecule has 1 aromatic heterocycles. The van der Waals surface area contributed by atoms with E-state index in [9.17, 15) is 19.2 Å². The van der Waals surface area contributed by atoms with E-state index in [0.29, 0.717) is 25.1 Å². The molecule has 1 aliphatic heterocycles. The van der Waals surface area contributed by atoms with E-state index >= 15 is 0 Å². The Kier molecular flexibility index (Phi) is 23.2. The van der Waals surface area contributed by atoms with Gasteiger partial charge in [-0.3, -0.25) is 9.59 Å². The maximum atomic E-state index is 13.5. The maximum absolute atomic E-state index is 13.5. The maximum Gasteiger partial charge on any atom is 0.417 e. The molecule has 0 spiro atoms. The molecule has 1 saturated heterocycles. The van der Waals surface area contributed by atoms with Gasteiger partial charge in [0, 0.05) is 31.2 Å². The molecule has 0 radical (unpaired) electrons. The van der Waals surface area contributed by atoms with E-state index in [0.717, 1.165) is 23.4 Å². The number of pyridine rings is 1. The summed E-state index contributed by atoms with van der Waals surface area (Å²) in [6.45, 7) is 6.87. The summed E-state index contributed by atoms with van der Waals surface area (Å²) >= 11 is 0. The van der Waals surface area contributed by atoms with Crippen LogP contribution >= 0.6 is 0 Å². The monoisotopic (exact) mass is 756 g/mol. The lowest BCUT2D eigenvalue weighted by molar-refractivity contribution is -0.701. The van der Waals surface area contributed by atoms with Crippen molar-refractivity contribution >= 4 is 24.0 Å². The van der Waals surface area contributed by atoms with E-state index in [1.54, 1.807) is 29.2 Å². The van der Waals surface area contributed by atoms with Crippen LogP contribution in [0.25, 0.3) is 0 Å². The van der Waals surface area contributed by atoms with Gasteiger partial charge in [0.05, 0.1) is 12.1 Å². The number of carbonyl (C=O) groups is 4. The minimum atomic E-state index is -0.765. The average molecular weight is 757 g/mol. The highest BCUT2D eigenvalue weighted by Crippen LogP contribution is 2.29. The summed E-state index contributed by atoms with van der Waals surface area (Å²) in [6.07, 6.45) is 21.9. The Bertz CT molecular complexity index is 1350. The van der Waals surface area contributed by atoms with Crippen molar-refractivity contribution in [3.8, 4) is 0 Å². The zero-order valence-electron chi connectivity index (χ0n) is 32.6. The van der Waals surface area contributed by atoms with Gasteiger partial charge in [-0.15, -0.1) is 0 Å². The Morgan fingerprint density at radius 1 is 0.736 bits per heavy atom. The predicted octanol–water partition coefficient (Wildman–Crippen LogP) is 5.75. The lowest BCUT2D eigenvalue weighted by Gasteiger charge is -2.47. The van der Waals surface area contributed by atoms with Gasteiger partial charge < -0.3 is 32.1 Å². The third-order valence-electron chi connectivity index (χ3n) is 9.99. The Balaban J connectivity index is 0.00000972. The van der Waals surface area contributed by atoms with Crippen LogP contribution in [0.1, 0.15) is 146 Å². The molecule has 0 bridgehead atoms. The molecule has 296 valence electrons. The topological polar surface area (TPSA) is 109 Å². The quantitative estimate of drug-likeness (QED) is 0.102. The molecule has 0 saturated carbocycles. The fourth-order valence-electron chi connectivity index (χ4n) is 6.82. The summed E-state index contributed by atoms with van der Waals surface area (Å²) in [5.41, 5.74) is 1.29. The van der Waals surface area contributed by atoms with Gasteiger partial charge in [-0.2, -0.15) is 0 Å². The van der Waals surface area contributed by atoms with E-state index in [1.165, 1.54) is 96.8 Å². The minimum absolute atomic E-state index is 0. The van der Waals surface area contributed by atoms with Crippen LogP contribution < -0.4 is 22.3 Å². The van der Waals surface area contributed by atoms with E-state index in [2.05, 4.69) is 12.2 Å². The molecule has 2 atom stereocenters. The first kappa shape index (κ1) is 45.5. The Morgan fingerprint density at radius 2 is 1.26 bits per heavy atom. The number of hydrogen-bond acceptors (Lipinski definition) is 6. The van der Waals surface area contributed by atoms with Gasteiger partial charge in [0.15, 0.2) is 6.20 Å². The molecule has 4 amide bonds. The number of alkyl carbamates (subject to hydrolysis) is 1. The number of halogens is 1. The molecule has 2 unspecified atom stereocenters. The summed E-state index contributed by atoms with van der Waals surface area (Å²) in [6, 6.07) is 13.7. The van der Waals surface area contributed by atoms with E-state index in [1.807, 2.05) is 42.0 Å². The first-order valence-electron chi connectivity index (χ1n) is 20.1. The molecule has 1 aromatic carbocycles. The number of aromatic nitrogens is 1. The number of carbonyl (C=O) groups excluding carboxylic acids is 4. The number of likely N-dealkylation sites (tertiary alicyclic amines) is 1. The number of ether oxygens (including phenoxy) is 2. The van der Waals surface area contributed by atoms with Crippen molar-refractivity contribution in [2.45, 2.75) is 155 Å². The van der Waals surface area contributed by atoms with Crippen LogP contribution in [0.2, 0.25) is 0 Å². The van der Waals surface area contributed by atoms with Crippen molar-refractivity contribution in [1.29, 1.82) is 0 Å². The van der Waals surface area contributed by atoms with Crippen LogP contribution in [0.4, 0.5) is 9.59 Å². The normalized spacial score (nSPS) is 14.8. The molecule has 53 heavy (non-hydrogen) atoms. The smallest absolute Gasteiger partial charge is 0.417 e. The second-order valence-corrected chi connectivity index (χ2v) is 14.1. The van der Waals surface area contributed by atoms with Gasteiger partial charge in [-0.1, -0.05) is 128 Å². The number of nitrogens with one attached hydrogen (secondary N) is 1. The molecule has 0 aliphatic carbocycles. The standard InChI is InChI=1S/C42H64N4O6.ClH/c1-4-6-7-8-9-10-11-12-13-14-15-16-17-18-19-24-29-43-41(49)51-33-38-31-39(46(38)40(48)36-26-21-20-22-27-36)34-52-42(50)45(35(3)47)32-37-28-23-25-30-44(37)5-2;/h20-23,25-28,30,38-39H,4-19,24,29,31-34H2,1-3H3;1H. The Labute approximate surface area is 324 Å². The molecular weight excluding hydrogens is 692 g/mol. The molecular formula is C42H65ClN4O6. The summed E-state index contributed by atoms with van der Waals surface area (Å²) in [5.74, 6) is -0.661. The van der Waals surface area contributed by atoms with E-state index in [-0.39, 0.29) is 44.1 Å². The van der Waals surface area contributed by atoms with Crippen LogP contribution in [0, 0.1) is 0 Å². The van der Waals surface area contributed by atoms with Gasteiger partial charge in [0.25, 0.3) is 5.91 Å². The highest BCUT2D eigenvalue weighted by molar-refractivity contribution is 5.95. The number of nitrogens with zero attached hydrogens (tertiary/aromatic N) is 3. The lowest BCUT2D eigenvalue weighted by atomic mass is 9.92. The predicted molar refractivity (Wildman–Crippen MR) is 204 cm³/mol. The number of aryl methyl sites for hydroxylation is 1. The molecule has 10 nitrogen and oxygen atoms in total. The summed E-state index contributed by atoms with van der Waals surface area (Å²) < 4.78 is 13.1. The second-order valence-electron chi connectivity index (χ2n) is 14.1.